The van der Waals surface area contributed by atoms with Gasteiger partial charge in [-0.15, -0.1) is 11.3 Å². The number of nitrogen functional groups attached to an aromatic ring is 1. The van der Waals surface area contributed by atoms with Crippen LogP contribution in [0.5, 0.6) is 0 Å². The highest BCUT2D eigenvalue weighted by molar-refractivity contribution is 7.93. The molecule has 0 aliphatic rings. The number of nitrogens with two attached hydrogens (primary N) is 1. The number of thiazole rings is 1. The fraction of sp³-hybridized carbons (Fsp3) is 0.250. The number of nitrogens with one attached hydrogen (secondary N) is 1. The average Bonchev–Trinajstić information content (AvgIpc) is 2.60. The molecule has 2 aromatic rings. The third-order valence-electron chi connectivity index (χ3n) is 2.59. The topological polar surface area (TPSA) is 85.1 Å². The standard InChI is InChI=1S/C12H15N3O2S2/c1-7-4-10(13)5-8(2)11(7)19(16,17)15-12-14-9(3)6-18-12/h4-6H,13H2,1-3H3,(H,14,15). The van der Waals surface area contributed by atoms with Gasteiger partial charge in [-0.3, -0.25) is 4.72 Å². The van der Waals surface area contributed by atoms with Crippen LogP contribution in [-0.2, 0) is 10.0 Å². The molecule has 0 fully saturated rings. The van der Waals surface area contributed by atoms with Gasteiger partial charge in [0, 0.05) is 11.1 Å². The number of sulfonamides is 1. The van der Waals surface area contributed by atoms with E-state index < -0.39 is 10.0 Å². The van der Waals surface area contributed by atoms with Gasteiger partial charge in [0.15, 0.2) is 5.13 Å². The highest BCUT2D eigenvalue weighted by Crippen LogP contribution is 2.26. The summed E-state index contributed by atoms with van der Waals surface area (Å²) in [4.78, 5) is 4.36. The molecule has 0 aliphatic carbocycles. The molecule has 1 aromatic carbocycles. The molecule has 19 heavy (non-hydrogen) atoms. The zero-order valence-electron chi connectivity index (χ0n) is 10.9. The van der Waals surface area contributed by atoms with Crippen LogP contribution in [0.4, 0.5) is 10.8 Å². The van der Waals surface area contributed by atoms with Crippen molar-refractivity contribution < 1.29 is 8.42 Å². The lowest BCUT2D eigenvalue weighted by Crippen LogP contribution is -2.16. The third-order valence-corrected chi connectivity index (χ3v) is 5.24. The van der Waals surface area contributed by atoms with Crippen LogP contribution >= 0.6 is 11.3 Å². The minimum Gasteiger partial charge on any atom is -0.399 e. The van der Waals surface area contributed by atoms with Gasteiger partial charge in [-0.2, -0.15) is 0 Å². The third kappa shape index (κ3) is 2.87. The monoisotopic (exact) mass is 297 g/mol. The molecule has 1 heterocycles. The number of benzene rings is 1. The van der Waals surface area contributed by atoms with Crippen molar-refractivity contribution in [1.29, 1.82) is 0 Å². The zero-order chi connectivity index (χ0) is 14.2. The molecule has 3 N–H and O–H groups in total. The number of nitrogens with zero attached hydrogens (tertiary/aromatic N) is 1. The van der Waals surface area contributed by atoms with Crippen LogP contribution < -0.4 is 10.5 Å². The summed E-state index contributed by atoms with van der Waals surface area (Å²) in [5, 5.41) is 2.16. The van der Waals surface area contributed by atoms with E-state index in [1.165, 1.54) is 11.3 Å². The van der Waals surface area contributed by atoms with Crippen LogP contribution in [0.3, 0.4) is 0 Å². The van der Waals surface area contributed by atoms with Gasteiger partial charge in [0.1, 0.15) is 0 Å². The van der Waals surface area contributed by atoms with E-state index in [9.17, 15) is 8.42 Å². The zero-order valence-corrected chi connectivity index (χ0v) is 12.5. The van der Waals surface area contributed by atoms with Crippen molar-refractivity contribution in [2.24, 2.45) is 0 Å². The van der Waals surface area contributed by atoms with Gasteiger partial charge in [-0.05, 0) is 44.0 Å². The van der Waals surface area contributed by atoms with Crippen LogP contribution in [0.2, 0.25) is 0 Å². The SMILES string of the molecule is Cc1csc(NS(=O)(=O)c2c(C)cc(N)cc2C)n1. The lowest BCUT2D eigenvalue weighted by molar-refractivity contribution is 0.600. The van der Waals surface area contributed by atoms with Crippen molar-refractivity contribution in [3.8, 4) is 0 Å². The molecule has 0 amide bonds. The fourth-order valence-corrected chi connectivity index (χ4v) is 4.37. The fourth-order valence-electron chi connectivity index (χ4n) is 1.97. The van der Waals surface area contributed by atoms with Crippen molar-refractivity contribution in [2.75, 3.05) is 10.5 Å². The summed E-state index contributed by atoms with van der Waals surface area (Å²) in [6, 6.07) is 3.29. The molecule has 0 saturated heterocycles. The minimum absolute atomic E-state index is 0.259. The first-order chi connectivity index (χ1) is 8.79. The smallest absolute Gasteiger partial charge is 0.264 e. The Kier molecular flexibility index (Phi) is 3.51. The molecule has 0 bridgehead atoms. The summed E-state index contributed by atoms with van der Waals surface area (Å²) in [5.41, 5.74) is 8.29. The summed E-state index contributed by atoms with van der Waals surface area (Å²) in [7, 11) is -3.64. The Balaban J connectivity index is 2.45. The van der Waals surface area contributed by atoms with Crippen molar-refractivity contribution in [1.82, 2.24) is 4.98 Å². The van der Waals surface area contributed by atoms with E-state index in [0.29, 0.717) is 21.9 Å². The predicted octanol–water partition coefficient (Wildman–Crippen LogP) is 2.45. The Hall–Kier alpha value is -1.60. The van der Waals surface area contributed by atoms with Gasteiger partial charge >= 0.3 is 0 Å². The maximum atomic E-state index is 12.4. The molecule has 0 spiro atoms. The molecule has 2 rings (SSSR count). The molecule has 0 unspecified atom stereocenters. The minimum atomic E-state index is -3.64. The van der Waals surface area contributed by atoms with Crippen LogP contribution in [0, 0.1) is 20.8 Å². The molecular formula is C12H15N3O2S2. The second-order valence-corrected chi connectivity index (χ2v) is 6.86. The number of aryl methyl sites for hydroxylation is 3. The van der Waals surface area contributed by atoms with E-state index in [1.807, 2.05) is 6.92 Å². The summed E-state index contributed by atoms with van der Waals surface area (Å²) in [5.74, 6) is 0. The van der Waals surface area contributed by atoms with Gasteiger partial charge in [-0.25, -0.2) is 13.4 Å². The molecule has 102 valence electrons. The maximum Gasteiger partial charge on any atom is 0.264 e. The molecule has 0 saturated carbocycles. The van der Waals surface area contributed by atoms with E-state index in [-0.39, 0.29) is 4.90 Å². The summed E-state index contributed by atoms with van der Waals surface area (Å²) in [6.45, 7) is 5.27. The molecular weight excluding hydrogens is 282 g/mol. The largest absolute Gasteiger partial charge is 0.399 e. The van der Waals surface area contributed by atoms with E-state index in [4.69, 9.17) is 5.73 Å². The van der Waals surface area contributed by atoms with Crippen LogP contribution in [0.15, 0.2) is 22.4 Å². The number of hydrogen-bond acceptors (Lipinski definition) is 5. The van der Waals surface area contributed by atoms with Crippen LogP contribution in [0.25, 0.3) is 0 Å². The molecule has 0 atom stereocenters. The van der Waals surface area contributed by atoms with Gasteiger partial charge in [0.25, 0.3) is 10.0 Å². The van der Waals surface area contributed by atoms with Gasteiger partial charge in [0.05, 0.1) is 10.6 Å². The Morgan fingerprint density at radius 2 is 1.79 bits per heavy atom. The van der Waals surface area contributed by atoms with E-state index >= 15 is 0 Å². The van der Waals surface area contributed by atoms with Crippen LogP contribution in [-0.4, -0.2) is 13.4 Å². The first-order valence-corrected chi connectivity index (χ1v) is 7.97. The summed E-state index contributed by atoms with van der Waals surface area (Å²) >= 11 is 1.26. The maximum absolute atomic E-state index is 12.4. The lowest BCUT2D eigenvalue weighted by atomic mass is 10.1. The van der Waals surface area contributed by atoms with Crippen molar-refractivity contribution in [2.45, 2.75) is 25.7 Å². The van der Waals surface area contributed by atoms with Crippen LogP contribution in [0.1, 0.15) is 16.8 Å². The molecule has 0 aliphatic heterocycles. The van der Waals surface area contributed by atoms with E-state index in [0.717, 1.165) is 5.69 Å². The quantitative estimate of drug-likeness (QED) is 0.852. The number of anilines is 2. The first kappa shape index (κ1) is 13.8. The average molecular weight is 297 g/mol. The van der Waals surface area contributed by atoms with E-state index in [1.54, 1.807) is 31.4 Å². The normalized spacial score (nSPS) is 11.5. The number of hydrogen-bond donors (Lipinski definition) is 2. The molecule has 7 heteroatoms. The van der Waals surface area contributed by atoms with Crippen molar-refractivity contribution in [3.05, 3.63) is 34.3 Å². The second kappa shape index (κ2) is 4.82. The van der Waals surface area contributed by atoms with E-state index in [2.05, 4.69) is 9.71 Å². The number of rotatable bonds is 3. The molecule has 1 aromatic heterocycles. The number of aromatic nitrogens is 1. The lowest BCUT2D eigenvalue weighted by Gasteiger charge is -2.12. The van der Waals surface area contributed by atoms with Gasteiger partial charge < -0.3 is 5.73 Å². The van der Waals surface area contributed by atoms with Crippen molar-refractivity contribution in [3.63, 3.8) is 0 Å². The first-order valence-electron chi connectivity index (χ1n) is 5.61. The van der Waals surface area contributed by atoms with Gasteiger partial charge in [0.2, 0.25) is 0 Å². The predicted molar refractivity (Wildman–Crippen MR) is 78.0 cm³/mol. The molecule has 5 nitrogen and oxygen atoms in total. The Labute approximate surface area is 116 Å². The molecule has 0 radical (unpaired) electrons. The van der Waals surface area contributed by atoms with Gasteiger partial charge in [-0.1, -0.05) is 0 Å². The second-order valence-electron chi connectivity index (χ2n) is 4.38. The Morgan fingerprint density at radius 1 is 1.21 bits per heavy atom. The summed E-state index contributed by atoms with van der Waals surface area (Å²) in [6.07, 6.45) is 0. The highest BCUT2D eigenvalue weighted by atomic mass is 32.2. The van der Waals surface area contributed by atoms with Crippen molar-refractivity contribution >= 4 is 32.2 Å². The summed E-state index contributed by atoms with van der Waals surface area (Å²) < 4.78 is 27.3. The Bertz CT molecular complexity index is 697. The Morgan fingerprint density at radius 3 is 2.26 bits per heavy atom. The highest BCUT2D eigenvalue weighted by Gasteiger charge is 2.21.